The highest BCUT2D eigenvalue weighted by Crippen LogP contribution is 2.46. The van der Waals surface area contributed by atoms with E-state index in [1.54, 1.807) is 18.5 Å². The largest absolute Gasteiger partial charge is 0.444 e. The molecule has 1 aromatic carbocycles. The van der Waals surface area contributed by atoms with E-state index >= 15 is 0 Å². The van der Waals surface area contributed by atoms with Gasteiger partial charge in [-0.25, -0.2) is 27.5 Å². The fraction of sp³-hybridized carbons (Fsp3) is 0.348. The Labute approximate surface area is 210 Å². The van der Waals surface area contributed by atoms with Gasteiger partial charge in [-0.05, 0) is 31.9 Å². The third kappa shape index (κ3) is 4.20. The number of nitrogens with one attached hydrogen (secondary N) is 1. The van der Waals surface area contributed by atoms with Crippen LogP contribution in [0, 0.1) is 12.7 Å². The van der Waals surface area contributed by atoms with Crippen LogP contribution in [-0.4, -0.2) is 47.0 Å². The maximum atomic E-state index is 13.9. The molecule has 0 radical (unpaired) electrons. The Kier molecular flexibility index (Phi) is 5.55. The van der Waals surface area contributed by atoms with Gasteiger partial charge in [0.1, 0.15) is 18.1 Å². The molecule has 0 amide bonds. The normalized spacial score (nSPS) is 22.5. The van der Waals surface area contributed by atoms with E-state index in [4.69, 9.17) is 21.0 Å². The van der Waals surface area contributed by atoms with Gasteiger partial charge < -0.3 is 9.32 Å². The lowest BCUT2D eigenvalue weighted by Gasteiger charge is -2.31. The highest BCUT2D eigenvalue weighted by atomic mass is 35.5. The summed E-state index contributed by atoms with van der Waals surface area (Å²) in [5, 5.41) is 2.47. The summed E-state index contributed by atoms with van der Waals surface area (Å²) < 4.78 is 48.0. The number of sulfonamides is 1. The molecule has 8 nitrogen and oxygen atoms in total. The minimum Gasteiger partial charge on any atom is -0.444 e. The topological polar surface area (TPSA) is 101 Å². The first kappa shape index (κ1) is 22.8. The second-order valence-electron chi connectivity index (χ2n) is 8.89. The third-order valence-corrected chi connectivity index (χ3v) is 9.39. The van der Waals surface area contributed by atoms with Crippen molar-refractivity contribution in [3.63, 3.8) is 0 Å². The molecule has 35 heavy (non-hydrogen) atoms. The number of thiazole rings is 1. The molecule has 1 saturated heterocycles. The first-order valence-corrected chi connectivity index (χ1v) is 14.0. The van der Waals surface area contributed by atoms with Gasteiger partial charge in [-0.15, -0.1) is 11.3 Å². The molecule has 0 bridgehead atoms. The number of amidine groups is 1. The monoisotopic (exact) mass is 533 g/mol. The Morgan fingerprint density at radius 2 is 2.14 bits per heavy atom. The molecule has 2 fully saturated rings. The van der Waals surface area contributed by atoms with E-state index in [-0.39, 0.29) is 16.3 Å². The summed E-state index contributed by atoms with van der Waals surface area (Å²) in [6.45, 7) is 2.22. The van der Waals surface area contributed by atoms with Crippen molar-refractivity contribution in [2.45, 2.75) is 43.5 Å². The number of aliphatic imine (C=N–C) groups is 1. The minimum absolute atomic E-state index is 0.232. The molecule has 2 aromatic heterocycles. The number of aryl methyl sites for hydroxylation is 1. The standard InChI is InChI=1S/C23H21ClFN5O3S2/c1-12-11-33-22(27-12)19-18-9-14(29-35(31,32)15-3-4-15)10-30(18)21(23-26-6-7-34-23)28-20(19)16-5-2-13(25)8-17(16)24/h2,5-8,11,14-15,20,29H,3-4,9-10H2,1H3/t14-,20-/m0/s1. The Bertz CT molecular complexity index is 1460. The quantitative estimate of drug-likeness (QED) is 0.507. The SMILES string of the molecule is Cc1coc(C2=C3C[C@H](NS(=O)(=O)C4CC4)CN3C(c3nccs3)=N[C@H]2c2ccc(F)cc2Cl)n1. The van der Waals surface area contributed by atoms with Crippen LogP contribution in [0.25, 0.3) is 5.57 Å². The summed E-state index contributed by atoms with van der Waals surface area (Å²) in [6.07, 6.45) is 5.04. The predicted molar refractivity (Wildman–Crippen MR) is 131 cm³/mol. The highest BCUT2D eigenvalue weighted by molar-refractivity contribution is 7.90. The summed E-state index contributed by atoms with van der Waals surface area (Å²) in [6, 6.07) is 3.22. The molecule has 0 unspecified atom stereocenters. The zero-order chi connectivity index (χ0) is 24.3. The highest BCUT2D eigenvalue weighted by Gasteiger charge is 2.44. The number of aromatic nitrogens is 2. The van der Waals surface area contributed by atoms with E-state index in [0.29, 0.717) is 59.4 Å². The van der Waals surface area contributed by atoms with Crippen molar-refractivity contribution in [3.05, 3.63) is 74.7 Å². The number of rotatable bonds is 6. The summed E-state index contributed by atoms with van der Waals surface area (Å²) in [4.78, 5) is 16.0. The number of hydrogen-bond acceptors (Lipinski definition) is 8. The van der Waals surface area contributed by atoms with Crippen molar-refractivity contribution >= 4 is 44.4 Å². The summed E-state index contributed by atoms with van der Waals surface area (Å²) >= 11 is 7.93. The molecule has 1 N–H and O–H groups in total. The van der Waals surface area contributed by atoms with Crippen LogP contribution in [0.5, 0.6) is 0 Å². The second kappa shape index (κ2) is 8.51. The lowest BCUT2D eigenvalue weighted by Crippen LogP contribution is -2.40. The molecule has 2 aliphatic heterocycles. The van der Waals surface area contributed by atoms with Gasteiger partial charge in [-0.3, -0.25) is 4.99 Å². The van der Waals surface area contributed by atoms with Crippen molar-refractivity contribution in [3.8, 4) is 0 Å². The Hall–Kier alpha value is -2.60. The average molecular weight is 534 g/mol. The molecule has 2 atom stereocenters. The van der Waals surface area contributed by atoms with Crippen LogP contribution in [0.1, 0.15) is 47.5 Å². The van der Waals surface area contributed by atoms with Gasteiger partial charge in [-0.1, -0.05) is 17.7 Å². The number of oxazole rings is 1. The van der Waals surface area contributed by atoms with E-state index in [0.717, 1.165) is 5.70 Å². The van der Waals surface area contributed by atoms with Crippen LogP contribution in [0.4, 0.5) is 4.39 Å². The van der Waals surface area contributed by atoms with Crippen molar-refractivity contribution in [2.75, 3.05) is 6.54 Å². The van der Waals surface area contributed by atoms with Gasteiger partial charge in [0.15, 0.2) is 10.8 Å². The molecule has 1 aliphatic carbocycles. The fourth-order valence-corrected chi connectivity index (χ4v) is 7.06. The van der Waals surface area contributed by atoms with E-state index in [9.17, 15) is 12.8 Å². The van der Waals surface area contributed by atoms with Crippen LogP contribution in [-0.2, 0) is 10.0 Å². The van der Waals surface area contributed by atoms with E-state index in [1.165, 1.54) is 23.5 Å². The number of nitrogens with zero attached hydrogens (tertiary/aromatic N) is 4. The predicted octanol–water partition coefficient (Wildman–Crippen LogP) is 4.30. The Morgan fingerprint density at radius 1 is 1.31 bits per heavy atom. The molecule has 3 aliphatic rings. The van der Waals surface area contributed by atoms with Crippen LogP contribution < -0.4 is 4.72 Å². The van der Waals surface area contributed by atoms with Crippen LogP contribution >= 0.6 is 22.9 Å². The Morgan fingerprint density at radius 3 is 2.80 bits per heavy atom. The van der Waals surface area contributed by atoms with E-state index in [2.05, 4.69) is 14.7 Å². The van der Waals surface area contributed by atoms with Gasteiger partial charge in [-0.2, -0.15) is 0 Å². The van der Waals surface area contributed by atoms with Crippen molar-refractivity contribution < 1.29 is 17.2 Å². The van der Waals surface area contributed by atoms with Gasteiger partial charge in [0.05, 0.1) is 16.5 Å². The first-order chi connectivity index (χ1) is 16.8. The smallest absolute Gasteiger partial charge is 0.226 e. The first-order valence-electron chi connectivity index (χ1n) is 11.2. The van der Waals surface area contributed by atoms with Crippen molar-refractivity contribution in [1.29, 1.82) is 0 Å². The van der Waals surface area contributed by atoms with Gasteiger partial charge >= 0.3 is 0 Å². The minimum atomic E-state index is -3.39. The molecular formula is C23H21ClFN5O3S2. The summed E-state index contributed by atoms with van der Waals surface area (Å²) in [5.74, 6) is 0.540. The molecule has 0 spiro atoms. The summed E-state index contributed by atoms with van der Waals surface area (Å²) in [7, 11) is -3.39. The average Bonchev–Trinajstić information content (AvgIpc) is 3.17. The van der Waals surface area contributed by atoms with Gasteiger partial charge in [0, 0.05) is 46.9 Å². The molecule has 3 aromatic rings. The van der Waals surface area contributed by atoms with Crippen LogP contribution in [0.3, 0.4) is 0 Å². The maximum Gasteiger partial charge on any atom is 0.226 e. The van der Waals surface area contributed by atoms with Crippen LogP contribution in [0.2, 0.25) is 5.02 Å². The summed E-state index contributed by atoms with van der Waals surface area (Å²) in [5.41, 5.74) is 2.81. The van der Waals surface area contributed by atoms with E-state index in [1.807, 2.05) is 17.2 Å². The second-order valence-corrected chi connectivity index (χ2v) is 12.2. The van der Waals surface area contributed by atoms with E-state index < -0.39 is 21.9 Å². The molecule has 4 heterocycles. The molecule has 1 saturated carbocycles. The maximum absolute atomic E-state index is 13.9. The number of benzene rings is 1. The van der Waals surface area contributed by atoms with Gasteiger partial charge in [0.2, 0.25) is 15.9 Å². The Balaban J connectivity index is 1.51. The lowest BCUT2D eigenvalue weighted by atomic mass is 9.94. The van der Waals surface area contributed by atoms with Crippen molar-refractivity contribution in [2.24, 2.45) is 4.99 Å². The van der Waals surface area contributed by atoms with Crippen LogP contribution in [0.15, 0.2) is 51.1 Å². The molecule has 6 rings (SSSR count). The fourth-order valence-electron chi connectivity index (χ4n) is 4.58. The molecule has 12 heteroatoms. The zero-order valence-electron chi connectivity index (χ0n) is 18.6. The number of halogens is 2. The lowest BCUT2D eigenvalue weighted by molar-refractivity contribution is 0.505. The number of hydrogen-bond donors (Lipinski definition) is 1. The van der Waals surface area contributed by atoms with Gasteiger partial charge in [0.25, 0.3) is 0 Å². The zero-order valence-corrected chi connectivity index (χ0v) is 21.0. The molecular weight excluding hydrogens is 513 g/mol. The molecule has 182 valence electrons. The third-order valence-electron chi connectivity index (χ3n) is 6.28. The number of fused-ring (bicyclic) bond motifs is 1. The van der Waals surface area contributed by atoms with Crippen molar-refractivity contribution in [1.82, 2.24) is 19.6 Å².